The Morgan fingerprint density at radius 1 is 0.880 bits per heavy atom. The molecule has 2 heteroatoms. The number of aromatic nitrogens is 2. The van der Waals surface area contributed by atoms with Crippen LogP contribution in [-0.4, -0.2) is 9.78 Å². The highest BCUT2D eigenvalue weighted by molar-refractivity contribution is 5.87. The fourth-order valence-electron chi connectivity index (χ4n) is 4.62. The lowest BCUT2D eigenvalue weighted by Gasteiger charge is -2.22. The molecular weight excluding hydrogens is 304 g/mol. The minimum atomic E-state index is 0.796. The molecule has 0 N–H and O–H groups in total. The monoisotopic (exact) mass is 328 g/mol. The lowest BCUT2D eigenvalue weighted by atomic mass is 9.89. The summed E-state index contributed by atoms with van der Waals surface area (Å²) in [5.74, 6) is 0.796. The molecule has 2 aliphatic carbocycles. The highest BCUT2D eigenvalue weighted by atomic mass is 15.3. The molecule has 1 aromatic heterocycles. The van der Waals surface area contributed by atoms with Crippen LogP contribution in [0.15, 0.2) is 54.6 Å². The summed E-state index contributed by atoms with van der Waals surface area (Å²) in [6, 6.07) is 19.5. The summed E-state index contributed by atoms with van der Waals surface area (Å²) >= 11 is 0. The molecule has 0 bridgehead atoms. The summed E-state index contributed by atoms with van der Waals surface area (Å²) in [5, 5.41) is 5.11. The van der Waals surface area contributed by atoms with Crippen molar-refractivity contribution in [3.63, 3.8) is 0 Å². The van der Waals surface area contributed by atoms with Gasteiger partial charge in [0.1, 0.15) is 5.69 Å². The van der Waals surface area contributed by atoms with Gasteiger partial charge in [-0.2, -0.15) is 5.10 Å². The lowest BCUT2D eigenvalue weighted by Crippen LogP contribution is -2.16. The van der Waals surface area contributed by atoms with E-state index in [2.05, 4.69) is 59.3 Å². The lowest BCUT2D eigenvalue weighted by molar-refractivity contribution is 0.305. The maximum atomic E-state index is 5.11. The molecule has 5 rings (SSSR count). The molecule has 0 amide bonds. The Labute approximate surface area is 149 Å². The van der Waals surface area contributed by atoms with Crippen molar-refractivity contribution in [2.24, 2.45) is 5.92 Å². The molecular formula is C23H24N2. The SMILES string of the molecule is c1ccc(-c2nn(CC3CCCCC3)c3c2-c2ccccc2C3)cc1. The van der Waals surface area contributed by atoms with Crippen molar-refractivity contribution in [2.45, 2.75) is 45.1 Å². The Balaban J connectivity index is 1.61. The minimum Gasteiger partial charge on any atom is -0.268 e. The number of benzene rings is 2. The van der Waals surface area contributed by atoms with Gasteiger partial charge in [0.2, 0.25) is 0 Å². The molecule has 2 aliphatic rings. The molecule has 0 unspecified atom stereocenters. The second-order valence-corrected chi connectivity index (χ2v) is 7.56. The van der Waals surface area contributed by atoms with Gasteiger partial charge in [-0.25, -0.2) is 0 Å². The van der Waals surface area contributed by atoms with Crippen molar-refractivity contribution in [1.82, 2.24) is 9.78 Å². The zero-order chi connectivity index (χ0) is 16.6. The van der Waals surface area contributed by atoms with Gasteiger partial charge in [0.05, 0.1) is 5.69 Å². The van der Waals surface area contributed by atoms with Gasteiger partial charge in [0.15, 0.2) is 0 Å². The van der Waals surface area contributed by atoms with E-state index in [1.807, 2.05) is 0 Å². The summed E-state index contributed by atoms with van der Waals surface area (Å²) in [7, 11) is 0. The molecule has 3 aromatic rings. The van der Waals surface area contributed by atoms with E-state index in [9.17, 15) is 0 Å². The van der Waals surface area contributed by atoms with E-state index in [1.165, 1.54) is 60.1 Å². The molecule has 1 fully saturated rings. The Morgan fingerprint density at radius 2 is 1.64 bits per heavy atom. The van der Waals surface area contributed by atoms with E-state index in [1.54, 1.807) is 0 Å². The summed E-state index contributed by atoms with van der Waals surface area (Å²) < 4.78 is 2.34. The molecule has 0 saturated heterocycles. The first-order valence-corrected chi connectivity index (χ1v) is 9.63. The first kappa shape index (κ1) is 14.9. The molecule has 2 nitrogen and oxygen atoms in total. The molecule has 2 aromatic carbocycles. The Bertz CT molecular complexity index is 886. The fraction of sp³-hybridized carbons (Fsp3) is 0.348. The summed E-state index contributed by atoms with van der Waals surface area (Å²) in [6.45, 7) is 1.09. The largest absolute Gasteiger partial charge is 0.268 e. The van der Waals surface area contributed by atoms with Crippen LogP contribution in [-0.2, 0) is 13.0 Å². The van der Waals surface area contributed by atoms with E-state index < -0.39 is 0 Å². The normalized spacial score (nSPS) is 16.6. The topological polar surface area (TPSA) is 17.8 Å². The molecule has 0 aliphatic heterocycles. The van der Waals surface area contributed by atoms with Crippen LogP contribution in [0.2, 0.25) is 0 Å². The summed E-state index contributed by atoms with van der Waals surface area (Å²) in [6.07, 6.45) is 7.94. The van der Waals surface area contributed by atoms with Crippen molar-refractivity contribution in [3.8, 4) is 22.4 Å². The van der Waals surface area contributed by atoms with Crippen molar-refractivity contribution < 1.29 is 0 Å². The minimum absolute atomic E-state index is 0.796. The maximum absolute atomic E-state index is 5.11. The molecule has 25 heavy (non-hydrogen) atoms. The van der Waals surface area contributed by atoms with Crippen molar-refractivity contribution in [1.29, 1.82) is 0 Å². The van der Waals surface area contributed by atoms with Crippen molar-refractivity contribution in [2.75, 3.05) is 0 Å². The van der Waals surface area contributed by atoms with E-state index in [4.69, 9.17) is 5.10 Å². The Morgan fingerprint density at radius 3 is 2.48 bits per heavy atom. The first-order chi connectivity index (χ1) is 12.4. The van der Waals surface area contributed by atoms with Gasteiger partial charge in [-0.3, -0.25) is 4.68 Å². The number of hydrogen-bond acceptors (Lipinski definition) is 1. The number of hydrogen-bond donors (Lipinski definition) is 0. The highest BCUT2D eigenvalue weighted by Gasteiger charge is 2.29. The molecule has 1 saturated carbocycles. The number of fused-ring (bicyclic) bond motifs is 3. The summed E-state index contributed by atoms with van der Waals surface area (Å²) in [4.78, 5) is 0. The van der Waals surface area contributed by atoms with Gasteiger partial charge in [-0.05, 0) is 29.9 Å². The Hall–Kier alpha value is -2.35. The van der Waals surface area contributed by atoms with Crippen LogP contribution in [0.4, 0.5) is 0 Å². The third-order valence-corrected chi connectivity index (χ3v) is 5.91. The van der Waals surface area contributed by atoms with Gasteiger partial charge in [0, 0.05) is 24.1 Å². The quantitative estimate of drug-likeness (QED) is 0.471. The van der Waals surface area contributed by atoms with Crippen LogP contribution >= 0.6 is 0 Å². The van der Waals surface area contributed by atoms with E-state index in [0.29, 0.717) is 0 Å². The molecule has 0 radical (unpaired) electrons. The second kappa shape index (κ2) is 6.18. The molecule has 0 spiro atoms. The van der Waals surface area contributed by atoms with Gasteiger partial charge in [-0.15, -0.1) is 0 Å². The van der Waals surface area contributed by atoms with E-state index in [-0.39, 0.29) is 0 Å². The van der Waals surface area contributed by atoms with E-state index >= 15 is 0 Å². The summed E-state index contributed by atoms with van der Waals surface area (Å²) in [5.41, 5.74) is 8.02. The first-order valence-electron chi connectivity index (χ1n) is 9.63. The molecule has 126 valence electrons. The van der Waals surface area contributed by atoms with Gasteiger partial charge in [0.25, 0.3) is 0 Å². The fourth-order valence-corrected chi connectivity index (χ4v) is 4.62. The van der Waals surface area contributed by atoms with Crippen LogP contribution < -0.4 is 0 Å². The van der Waals surface area contributed by atoms with Crippen LogP contribution in [0, 0.1) is 5.92 Å². The molecule has 1 heterocycles. The predicted molar refractivity (Wildman–Crippen MR) is 102 cm³/mol. The smallest absolute Gasteiger partial charge is 0.100 e. The van der Waals surface area contributed by atoms with Crippen LogP contribution in [0.1, 0.15) is 43.4 Å². The van der Waals surface area contributed by atoms with E-state index in [0.717, 1.165) is 24.6 Å². The third-order valence-electron chi connectivity index (χ3n) is 5.91. The zero-order valence-corrected chi connectivity index (χ0v) is 14.6. The van der Waals surface area contributed by atoms with Gasteiger partial charge < -0.3 is 0 Å². The third kappa shape index (κ3) is 2.60. The van der Waals surface area contributed by atoms with Crippen molar-refractivity contribution in [3.05, 3.63) is 65.9 Å². The van der Waals surface area contributed by atoms with Crippen LogP contribution in [0.3, 0.4) is 0 Å². The van der Waals surface area contributed by atoms with Crippen molar-refractivity contribution >= 4 is 0 Å². The average Bonchev–Trinajstić information content (AvgIpc) is 3.21. The second-order valence-electron chi connectivity index (χ2n) is 7.56. The maximum Gasteiger partial charge on any atom is 0.100 e. The highest BCUT2D eigenvalue weighted by Crippen LogP contribution is 2.43. The number of rotatable bonds is 3. The number of nitrogens with zero attached hydrogens (tertiary/aromatic N) is 2. The Kier molecular flexibility index (Phi) is 3.70. The van der Waals surface area contributed by atoms with Gasteiger partial charge >= 0.3 is 0 Å². The zero-order valence-electron chi connectivity index (χ0n) is 14.6. The standard InChI is InChI=1S/C23H24N2/c1-3-9-17(10-4-1)16-25-21-15-19-13-7-8-14-20(19)22(21)23(24-25)18-11-5-2-6-12-18/h2,5-8,11-14,17H,1,3-4,9-10,15-16H2. The van der Waals surface area contributed by atoms with Crippen LogP contribution in [0.25, 0.3) is 22.4 Å². The van der Waals surface area contributed by atoms with Crippen LogP contribution in [0.5, 0.6) is 0 Å². The van der Waals surface area contributed by atoms with Gasteiger partial charge in [-0.1, -0.05) is 73.9 Å². The average molecular weight is 328 g/mol. The molecule has 0 atom stereocenters. The predicted octanol–water partition coefficient (Wildman–Crippen LogP) is 5.70.